The first-order valence-electron chi connectivity index (χ1n) is 15.4. The maximum atomic E-state index is 13.6. The van der Waals surface area contributed by atoms with Crippen LogP contribution in [0.15, 0.2) is 48.5 Å². The summed E-state index contributed by atoms with van der Waals surface area (Å²) < 4.78 is 34.4. The molecule has 1 aliphatic carbocycles. The van der Waals surface area contributed by atoms with Crippen LogP contribution >= 0.6 is 23.2 Å². The van der Waals surface area contributed by atoms with Crippen molar-refractivity contribution in [3.63, 3.8) is 0 Å². The standard InChI is InChI=1S/C35H34Cl2N2O8/c1-42-28-13-20(14-29(43-2)34(28)44-3)31-21-15-26-27(47-18-46-26)16-22(21)33(23-17-45-35(41)32(23)31)39-10-8-38(9-11-39)30(40)7-5-19-4-6-24(36)25(37)12-19/h4-7,12-16,23,31-33H,8-11,17-18H2,1-3H3/b7-5+/t23-,31+,32-,33+/m0/s1. The molecule has 47 heavy (non-hydrogen) atoms. The summed E-state index contributed by atoms with van der Waals surface area (Å²) in [6, 6.07) is 13.0. The summed E-state index contributed by atoms with van der Waals surface area (Å²) in [6.07, 6.45) is 3.31. The van der Waals surface area contributed by atoms with E-state index in [1.165, 1.54) is 0 Å². The topological polar surface area (TPSA) is 96.0 Å². The second kappa shape index (κ2) is 12.8. The van der Waals surface area contributed by atoms with Crippen LogP contribution in [0.5, 0.6) is 28.7 Å². The van der Waals surface area contributed by atoms with Gasteiger partial charge in [0.25, 0.3) is 0 Å². The first-order valence-corrected chi connectivity index (χ1v) is 16.1. The van der Waals surface area contributed by atoms with E-state index in [1.807, 2.05) is 35.2 Å². The van der Waals surface area contributed by atoms with Crippen molar-refractivity contribution in [2.75, 3.05) is 60.9 Å². The molecule has 3 aliphatic heterocycles. The lowest BCUT2D eigenvalue weighted by Crippen LogP contribution is -2.52. The van der Waals surface area contributed by atoms with Crippen molar-refractivity contribution >= 4 is 41.2 Å². The van der Waals surface area contributed by atoms with Gasteiger partial charge in [0.2, 0.25) is 18.4 Å². The van der Waals surface area contributed by atoms with Crippen molar-refractivity contribution in [3.8, 4) is 28.7 Å². The zero-order valence-electron chi connectivity index (χ0n) is 26.2. The van der Waals surface area contributed by atoms with Crippen LogP contribution < -0.4 is 23.7 Å². The maximum absolute atomic E-state index is 13.6. The molecule has 246 valence electrons. The number of benzene rings is 3. The van der Waals surface area contributed by atoms with Crippen LogP contribution in [0.4, 0.5) is 0 Å². The molecular formula is C35H34Cl2N2O8. The van der Waals surface area contributed by atoms with Crippen LogP contribution in [-0.4, -0.2) is 82.6 Å². The lowest BCUT2D eigenvalue weighted by molar-refractivity contribution is -0.141. The number of cyclic esters (lactones) is 1. The molecule has 1 amide bonds. The number of piperazine rings is 1. The van der Waals surface area contributed by atoms with Crippen LogP contribution in [0, 0.1) is 11.8 Å². The molecule has 3 aromatic carbocycles. The molecule has 4 atom stereocenters. The molecule has 4 aliphatic rings. The number of carbonyl (C=O) groups is 2. The van der Waals surface area contributed by atoms with E-state index in [9.17, 15) is 9.59 Å². The molecule has 3 aromatic rings. The van der Waals surface area contributed by atoms with Gasteiger partial charge in [0.05, 0.1) is 43.9 Å². The van der Waals surface area contributed by atoms with Crippen molar-refractivity contribution in [1.82, 2.24) is 9.80 Å². The second-order valence-corrected chi connectivity index (χ2v) is 12.7. The van der Waals surface area contributed by atoms with Gasteiger partial charge in [-0.2, -0.15) is 0 Å². The van der Waals surface area contributed by atoms with Crippen LogP contribution in [-0.2, 0) is 14.3 Å². The van der Waals surface area contributed by atoms with Gasteiger partial charge in [0, 0.05) is 50.1 Å². The number of halogens is 2. The Balaban J connectivity index is 1.21. The summed E-state index contributed by atoms with van der Waals surface area (Å²) in [4.78, 5) is 30.9. The van der Waals surface area contributed by atoms with E-state index in [0.29, 0.717) is 65.0 Å². The van der Waals surface area contributed by atoms with Gasteiger partial charge in [0.1, 0.15) is 0 Å². The minimum Gasteiger partial charge on any atom is -0.493 e. The largest absolute Gasteiger partial charge is 0.493 e. The van der Waals surface area contributed by atoms with Gasteiger partial charge in [-0.3, -0.25) is 14.5 Å². The summed E-state index contributed by atoms with van der Waals surface area (Å²) >= 11 is 12.2. The van der Waals surface area contributed by atoms with E-state index in [-0.39, 0.29) is 43.2 Å². The highest BCUT2D eigenvalue weighted by Crippen LogP contribution is 2.57. The third-order valence-electron chi connectivity index (χ3n) is 9.58. The van der Waals surface area contributed by atoms with Crippen molar-refractivity contribution in [3.05, 3.63) is 80.8 Å². The van der Waals surface area contributed by atoms with E-state index < -0.39 is 5.92 Å². The summed E-state index contributed by atoms with van der Waals surface area (Å²) in [5, 5.41) is 0.899. The van der Waals surface area contributed by atoms with Crippen LogP contribution in [0.25, 0.3) is 6.08 Å². The first-order chi connectivity index (χ1) is 22.8. The predicted molar refractivity (Wildman–Crippen MR) is 175 cm³/mol. The van der Waals surface area contributed by atoms with Crippen LogP contribution in [0.2, 0.25) is 10.0 Å². The monoisotopic (exact) mass is 680 g/mol. The fourth-order valence-corrected chi connectivity index (χ4v) is 7.70. The van der Waals surface area contributed by atoms with Gasteiger partial charge >= 0.3 is 5.97 Å². The number of methoxy groups -OCH3 is 3. The summed E-state index contributed by atoms with van der Waals surface area (Å²) in [6.45, 7) is 2.72. The molecule has 2 fully saturated rings. The smallest absolute Gasteiger partial charge is 0.310 e. The van der Waals surface area contributed by atoms with Crippen molar-refractivity contribution in [2.45, 2.75) is 12.0 Å². The van der Waals surface area contributed by atoms with E-state index in [1.54, 1.807) is 45.6 Å². The van der Waals surface area contributed by atoms with E-state index in [0.717, 1.165) is 22.3 Å². The number of hydrogen-bond acceptors (Lipinski definition) is 9. The highest BCUT2D eigenvalue weighted by atomic mass is 35.5. The molecule has 0 bridgehead atoms. The summed E-state index contributed by atoms with van der Waals surface area (Å²) in [5.41, 5.74) is 3.64. The van der Waals surface area contributed by atoms with Gasteiger partial charge in [0.15, 0.2) is 23.0 Å². The maximum Gasteiger partial charge on any atom is 0.310 e. The SMILES string of the molecule is COc1cc([C@@H]2c3cc4c(cc3[C@@H](N3CCN(C(=O)/C=C/c5ccc(Cl)c(Cl)c5)CC3)[C@H]3COC(=O)[C@H]23)OCO4)cc(OC)c1OC. The molecule has 0 unspecified atom stereocenters. The van der Waals surface area contributed by atoms with E-state index in [2.05, 4.69) is 4.90 Å². The average Bonchev–Trinajstić information content (AvgIpc) is 3.71. The quantitative estimate of drug-likeness (QED) is 0.234. The Hall–Kier alpha value is -4.12. The minimum absolute atomic E-state index is 0.0807. The van der Waals surface area contributed by atoms with Crippen LogP contribution in [0.3, 0.4) is 0 Å². The zero-order chi connectivity index (χ0) is 32.8. The Bertz CT molecular complexity index is 1730. The number of esters is 1. The lowest BCUT2D eigenvalue weighted by atomic mass is 9.64. The highest BCUT2D eigenvalue weighted by molar-refractivity contribution is 6.42. The minimum atomic E-state index is -0.468. The lowest BCUT2D eigenvalue weighted by Gasteiger charge is -2.46. The molecular weight excluding hydrogens is 647 g/mol. The fourth-order valence-electron chi connectivity index (χ4n) is 7.39. The average molecular weight is 682 g/mol. The van der Waals surface area contributed by atoms with Gasteiger partial charge in [-0.05, 0) is 64.7 Å². The van der Waals surface area contributed by atoms with Crippen molar-refractivity contribution in [2.24, 2.45) is 11.8 Å². The normalized spacial score (nSPS) is 23.3. The van der Waals surface area contributed by atoms with Crippen molar-refractivity contribution in [1.29, 1.82) is 0 Å². The third kappa shape index (κ3) is 5.62. The van der Waals surface area contributed by atoms with Gasteiger partial charge in [-0.15, -0.1) is 0 Å². The summed E-state index contributed by atoms with van der Waals surface area (Å²) in [5.74, 6) is 1.48. The number of carbonyl (C=O) groups excluding carboxylic acids is 2. The predicted octanol–water partition coefficient (Wildman–Crippen LogP) is 5.58. The molecule has 0 radical (unpaired) electrons. The Labute approximate surface area is 282 Å². The fraction of sp³-hybridized carbons (Fsp3) is 0.371. The third-order valence-corrected chi connectivity index (χ3v) is 10.3. The number of ether oxygens (including phenoxy) is 6. The molecule has 12 heteroatoms. The number of amides is 1. The number of fused-ring (bicyclic) bond motifs is 3. The van der Waals surface area contributed by atoms with Gasteiger partial charge < -0.3 is 33.3 Å². The molecule has 0 aromatic heterocycles. The second-order valence-electron chi connectivity index (χ2n) is 11.9. The van der Waals surface area contributed by atoms with Crippen LogP contribution in [0.1, 0.15) is 34.2 Å². The molecule has 3 heterocycles. The Morgan fingerprint density at radius 2 is 1.53 bits per heavy atom. The van der Waals surface area contributed by atoms with Gasteiger partial charge in [-0.25, -0.2) is 0 Å². The highest BCUT2D eigenvalue weighted by Gasteiger charge is 2.54. The Morgan fingerprint density at radius 3 is 2.17 bits per heavy atom. The van der Waals surface area contributed by atoms with Crippen molar-refractivity contribution < 1.29 is 38.0 Å². The number of hydrogen-bond donors (Lipinski definition) is 0. The molecule has 2 saturated heterocycles. The molecule has 0 spiro atoms. The van der Waals surface area contributed by atoms with E-state index in [4.69, 9.17) is 51.6 Å². The number of nitrogens with zero attached hydrogens (tertiary/aromatic N) is 2. The first kappa shape index (κ1) is 31.5. The zero-order valence-corrected chi connectivity index (χ0v) is 27.7. The van der Waals surface area contributed by atoms with E-state index >= 15 is 0 Å². The van der Waals surface area contributed by atoms with Gasteiger partial charge in [-0.1, -0.05) is 29.3 Å². The number of rotatable bonds is 7. The summed E-state index contributed by atoms with van der Waals surface area (Å²) in [7, 11) is 4.71. The molecule has 0 saturated carbocycles. The Kier molecular flexibility index (Phi) is 8.59. The molecule has 7 rings (SSSR count). The molecule has 0 N–H and O–H groups in total. The molecule has 10 nitrogen and oxygen atoms in total. The Morgan fingerprint density at radius 1 is 0.851 bits per heavy atom.